The van der Waals surface area contributed by atoms with E-state index in [0.29, 0.717) is 50.5 Å². The molecule has 1 aromatic carbocycles. The zero-order valence-electron chi connectivity index (χ0n) is 21.9. The predicted octanol–water partition coefficient (Wildman–Crippen LogP) is 6.95. The summed E-state index contributed by atoms with van der Waals surface area (Å²) in [5, 5.41) is 23.6. The molecule has 1 aliphatic rings. The summed E-state index contributed by atoms with van der Waals surface area (Å²) in [6.45, 7) is 7.28. The molecule has 4 rings (SSSR count). The molecule has 202 valence electrons. The average Bonchev–Trinajstić information content (AvgIpc) is 3.39. The van der Waals surface area contributed by atoms with Crippen LogP contribution in [0.5, 0.6) is 5.75 Å². The number of nitrogens with zero attached hydrogens (tertiary/aromatic N) is 4. The van der Waals surface area contributed by atoms with Gasteiger partial charge in [-0.1, -0.05) is 55.7 Å². The number of hydrogen-bond donors (Lipinski definition) is 1. The third-order valence-electron chi connectivity index (χ3n) is 6.81. The quantitative estimate of drug-likeness (QED) is 0.214. The van der Waals surface area contributed by atoms with Crippen LogP contribution in [0.25, 0.3) is 0 Å². The lowest BCUT2D eigenvalue weighted by molar-refractivity contribution is -0.113. The largest absolute Gasteiger partial charge is 0.492 e. The molecule has 3 aromatic rings. The van der Waals surface area contributed by atoms with Gasteiger partial charge < -0.3 is 14.6 Å². The number of nitrogens with one attached hydrogen (secondary N) is 1. The van der Waals surface area contributed by atoms with Crippen molar-refractivity contribution in [3.8, 4) is 11.8 Å². The molecule has 1 aliphatic carbocycles. The number of amides is 1. The van der Waals surface area contributed by atoms with Gasteiger partial charge in [0, 0.05) is 23.4 Å². The minimum atomic E-state index is -0.157. The highest BCUT2D eigenvalue weighted by Crippen LogP contribution is 2.44. The van der Waals surface area contributed by atoms with Crippen molar-refractivity contribution in [2.75, 3.05) is 17.7 Å². The van der Waals surface area contributed by atoms with Gasteiger partial charge in [-0.05, 0) is 60.8 Å². The average molecular weight is 593 g/mol. The Balaban J connectivity index is 1.28. The van der Waals surface area contributed by atoms with Crippen LogP contribution in [0, 0.1) is 22.7 Å². The number of carbonyl (C=O) groups excluding carboxylic acids is 1. The van der Waals surface area contributed by atoms with E-state index in [-0.39, 0.29) is 17.1 Å². The van der Waals surface area contributed by atoms with Gasteiger partial charge in [0.25, 0.3) is 0 Å². The number of carbonyl (C=O) groups is 1. The Bertz CT molecular complexity index is 1360. The predicted molar refractivity (Wildman–Crippen MR) is 155 cm³/mol. The van der Waals surface area contributed by atoms with Crippen molar-refractivity contribution in [2.24, 2.45) is 18.4 Å². The van der Waals surface area contributed by atoms with Crippen molar-refractivity contribution in [1.82, 2.24) is 14.8 Å². The molecule has 0 spiro atoms. The summed E-state index contributed by atoms with van der Waals surface area (Å²) >= 11 is 14.9. The molecule has 1 atom stereocenters. The van der Waals surface area contributed by atoms with Crippen molar-refractivity contribution in [1.29, 1.82) is 5.26 Å². The lowest BCUT2D eigenvalue weighted by Gasteiger charge is -2.33. The van der Waals surface area contributed by atoms with Gasteiger partial charge >= 0.3 is 0 Å². The molecule has 0 saturated carbocycles. The molecular weight excluding hydrogens is 561 g/mol. The summed E-state index contributed by atoms with van der Waals surface area (Å²) < 4.78 is 7.63. The number of aryl methyl sites for hydroxylation is 1. The molecule has 0 aliphatic heterocycles. The molecule has 11 heteroatoms. The second-order valence-electron chi connectivity index (χ2n) is 10.4. The van der Waals surface area contributed by atoms with Gasteiger partial charge in [0.1, 0.15) is 22.6 Å². The number of nitriles is 1. The molecule has 38 heavy (non-hydrogen) atoms. The maximum atomic E-state index is 12.8. The fourth-order valence-electron chi connectivity index (χ4n) is 4.52. The van der Waals surface area contributed by atoms with Crippen LogP contribution >= 0.6 is 46.3 Å². The third-order valence-corrected chi connectivity index (χ3v) is 9.53. The Hall–Kier alpha value is -2.25. The molecule has 2 heterocycles. The molecule has 1 amide bonds. The molecule has 0 saturated heterocycles. The first-order chi connectivity index (χ1) is 18.1. The van der Waals surface area contributed by atoms with Gasteiger partial charge in [-0.15, -0.1) is 21.5 Å². The van der Waals surface area contributed by atoms with E-state index >= 15 is 0 Å². The van der Waals surface area contributed by atoms with Crippen LogP contribution in [0.3, 0.4) is 0 Å². The smallest absolute Gasteiger partial charge is 0.235 e. The van der Waals surface area contributed by atoms with Gasteiger partial charge in [-0.25, -0.2) is 0 Å². The lowest BCUT2D eigenvalue weighted by Crippen LogP contribution is -2.26. The van der Waals surface area contributed by atoms with Gasteiger partial charge in [-0.2, -0.15) is 5.26 Å². The SMILES string of the molecule is Cn1c(CCCOc2ccc(Cl)cc2Cl)nnc1SCC(=O)Nc1sc2c(c1C#N)CCC(C(C)(C)C)C2. The van der Waals surface area contributed by atoms with Gasteiger partial charge in [-0.3, -0.25) is 4.79 Å². The standard InChI is InChI=1S/C27H31Cl2N5O2S2/c1-27(2,3)16-7-9-18-19(14-30)25(38-22(18)12-16)31-24(35)15-37-26-33-32-23(34(26)4)6-5-11-36-21-10-8-17(28)13-20(21)29/h8,10,13,16H,5-7,9,11-12,15H2,1-4H3,(H,31,35). The van der Waals surface area contributed by atoms with Gasteiger partial charge in [0.2, 0.25) is 5.91 Å². The molecule has 0 fully saturated rings. The molecular formula is C27H31Cl2N5O2S2. The highest BCUT2D eigenvalue weighted by molar-refractivity contribution is 7.99. The fraction of sp³-hybridized carbons (Fsp3) is 0.481. The number of halogens is 2. The first-order valence-corrected chi connectivity index (χ1v) is 15.1. The number of hydrogen-bond acceptors (Lipinski definition) is 7. The summed E-state index contributed by atoms with van der Waals surface area (Å²) in [5.74, 6) is 2.00. The minimum Gasteiger partial charge on any atom is -0.492 e. The van der Waals surface area contributed by atoms with E-state index in [1.54, 1.807) is 29.5 Å². The maximum absolute atomic E-state index is 12.8. The molecule has 0 radical (unpaired) electrons. The zero-order chi connectivity index (χ0) is 27.4. The zero-order valence-corrected chi connectivity index (χ0v) is 25.1. The monoisotopic (exact) mass is 591 g/mol. The fourth-order valence-corrected chi connectivity index (χ4v) is 7.00. The second-order valence-corrected chi connectivity index (χ2v) is 13.3. The second kappa shape index (κ2) is 12.3. The van der Waals surface area contributed by atoms with Crippen molar-refractivity contribution >= 4 is 57.2 Å². The minimum absolute atomic E-state index is 0.157. The molecule has 1 N–H and O–H groups in total. The first kappa shape index (κ1) is 28.8. The number of anilines is 1. The number of ether oxygens (including phenoxy) is 1. The summed E-state index contributed by atoms with van der Waals surface area (Å²) in [4.78, 5) is 14.0. The molecule has 2 aromatic heterocycles. The van der Waals surface area contributed by atoms with Crippen LogP contribution in [0.15, 0.2) is 23.4 Å². The highest BCUT2D eigenvalue weighted by atomic mass is 35.5. The van der Waals surface area contributed by atoms with Crippen LogP contribution in [0.1, 0.15) is 55.4 Å². The Morgan fingerprint density at radius 1 is 1.34 bits per heavy atom. The summed E-state index contributed by atoms with van der Waals surface area (Å²) in [7, 11) is 1.89. The third kappa shape index (κ3) is 6.84. The number of thioether (sulfide) groups is 1. The van der Waals surface area contributed by atoms with E-state index in [1.807, 2.05) is 11.6 Å². The Kier molecular flexibility index (Phi) is 9.30. The van der Waals surface area contributed by atoms with Crippen molar-refractivity contribution in [2.45, 2.75) is 58.0 Å². The number of thiophene rings is 1. The normalized spacial score (nSPS) is 15.1. The number of fused-ring (bicyclic) bond motifs is 1. The van der Waals surface area contributed by atoms with E-state index < -0.39 is 0 Å². The Morgan fingerprint density at radius 2 is 2.13 bits per heavy atom. The van der Waals surface area contributed by atoms with Crippen molar-refractivity contribution in [3.05, 3.63) is 50.1 Å². The van der Waals surface area contributed by atoms with Crippen LogP contribution < -0.4 is 10.1 Å². The molecule has 0 bridgehead atoms. The Morgan fingerprint density at radius 3 is 2.84 bits per heavy atom. The van der Waals surface area contributed by atoms with E-state index in [2.05, 4.69) is 42.4 Å². The summed E-state index contributed by atoms with van der Waals surface area (Å²) in [6, 6.07) is 7.47. The molecule has 1 unspecified atom stereocenters. The lowest BCUT2D eigenvalue weighted by atomic mass is 9.72. The number of rotatable bonds is 9. The Labute approximate surface area is 241 Å². The van der Waals surface area contributed by atoms with Gasteiger partial charge in [0.05, 0.1) is 22.9 Å². The topological polar surface area (TPSA) is 92.8 Å². The van der Waals surface area contributed by atoms with Crippen LogP contribution in [-0.2, 0) is 31.1 Å². The summed E-state index contributed by atoms with van der Waals surface area (Å²) in [5.41, 5.74) is 1.96. The summed E-state index contributed by atoms with van der Waals surface area (Å²) in [6.07, 6.45) is 4.32. The van der Waals surface area contributed by atoms with E-state index in [4.69, 9.17) is 27.9 Å². The van der Waals surface area contributed by atoms with Crippen LogP contribution in [-0.4, -0.2) is 33.0 Å². The van der Waals surface area contributed by atoms with E-state index in [1.165, 1.54) is 16.6 Å². The maximum Gasteiger partial charge on any atom is 0.235 e. The van der Waals surface area contributed by atoms with Gasteiger partial charge in [0.15, 0.2) is 5.16 Å². The highest BCUT2D eigenvalue weighted by Gasteiger charge is 2.32. The van der Waals surface area contributed by atoms with Crippen LogP contribution in [0.2, 0.25) is 10.0 Å². The first-order valence-electron chi connectivity index (χ1n) is 12.5. The van der Waals surface area contributed by atoms with E-state index in [9.17, 15) is 10.1 Å². The van der Waals surface area contributed by atoms with E-state index in [0.717, 1.165) is 37.1 Å². The van der Waals surface area contributed by atoms with Crippen molar-refractivity contribution < 1.29 is 9.53 Å². The van der Waals surface area contributed by atoms with Crippen LogP contribution in [0.4, 0.5) is 5.00 Å². The molecule has 7 nitrogen and oxygen atoms in total. The van der Waals surface area contributed by atoms with Crippen molar-refractivity contribution in [3.63, 3.8) is 0 Å². The number of aromatic nitrogens is 3. The number of benzene rings is 1.